The molecular formula is C18H22ClIN2O2. The highest BCUT2D eigenvalue weighted by Gasteiger charge is 2.28. The number of carbonyl (C=O) groups is 1. The van der Waals surface area contributed by atoms with Crippen molar-refractivity contribution in [2.24, 2.45) is 0 Å². The topological polar surface area (TPSA) is 52.6 Å². The number of likely N-dealkylation sites (N-methyl/N-ethyl adjacent to an activating group) is 1. The molecule has 2 N–H and O–H groups in total. The van der Waals surface area contributed by atoms with Gasteiger partial charge in [-0.05, 0) is 30.2 Å². The Hall–Kier alpha value is -0.890. The molecule has 0 spiro atoms. The lowest BCUT2D eigenvalue weighted by Gasteiger charge is -2.24. The number of nitrogens with zero attached hydrogens (tertiary/aromatic N) is 1. The van der Waals surface area contributed by atoms with Crippen LogP contribution in [0.4, 0.5) is 0 Å². The fraction of sp³-hybridized carbons (Fsp3) is 0.389. The van der Waals surface area contributed by atoms with Crippen LogP contribution in [0, 0.1) is 0 Å². The summed E-state index contributed by atoms with van der Waals surface area (Å²) in [5.41, 5.74) is 2.79. The molecule has 1 aromatic rings. The SMILES string of the molecule is C=C(C(=O)O)C1=C(Cl)c2ccccc2CC1I.CN1CCNCC1. The molecule has 24 heavy (non-hydrogen) atoms. The number of halogens is 2. The number of fused-ring (bicyclic) bond motifs is 1. The van der Waals surface area contributed by atoms with Crippen LogP contribution in [0.2, 0.25) is 0 Å². The molecule has 1 atom stereocenters. The quantitative estimate of drug-likeness (QED) is 0.404. The minimum Gasteiger partial charge on any atom is -0.478 e. The Morgan fingerprint density at radius 2 is 2.00 bits per heavy atom. The van der Waals surface area contributed by atoms with Crippen molar-refractivity contribution < 1.29 is 9.90 Å². The summed E-state index contributed by atoms with van der Waals surface area (Å²) in [5, 5.41) is 12.8. The Morgan fingerprint density at radius 1 is 1.38 bits per heavy atom. The van der Waals surface area contributed by atoms with Crippen LogP contribution in [0.3, 0.4) is 0 Å². The highest BCUT2D eigenvalue weighted by atomic mass is 127. The van der Waals surface area contributed by atoms with E-state index in [0.717, 1.165) is 30.6 Å². The van der Waals surface area contributed by atoms with E-state index in [4.69, 9.17) is 16.7 Å². The molecule has 1 aromatic carbocycles. The van der Waals surface area contributed by atoms with E-state index in [1.54, 1.807) is 0 Å². The van der Waals surface area contributed by atoms with Gasteiger partial charge in [-0.1, -0.05) is 65.0 Å². The van der Waals surface area contributed by atoms with E-state index in [1.165, 1.54) is 13.1 Å². The third-order valence-electron chi connectivity index (χ3n) is 4.13. The first-order chi connectivity index (χ1) is 11.4. The third kappa shape index (κ3) is 4.81. The minimum atomic E-state index is -1.01. The molecule has 2 aliphatic rings. The first-order valence-corrected chi connectivity index (χ1v) is 9.48. The summed E-state index contributed by atoms with van der Waals surface area (Å²) < 4.78 is 0.0543. The Kier molecular flexibility index (Phi) is 7.28. The fourth-order valence-electron chi connectivity index (χ4n) is 2.70. The maximum atomic E-state index is 11.0. The van der Waals surface area contributed by atoms with Gasteiger partial charge in [-0.3, -0.25) is 0 Å². The predicted octanol–water partition coefficient (Wildman–Crippen LogP) is 3.16. The molecule has 1 fully saturated rings. The van der Waals surface area contributed by atoms with Gasteiger partial charge in [0.05, 0.1) is 10.6 Å². The largest absolute Gasteiger partial charge is 0.478 e. The van der Waals surface area contributed by atoms with Crippen LogP contribution in [-0.2, 0) is 11.2 Å². The van der Waals surface area contributed by atoms with Gasteiger partial charge in [0, 0.05) is 30.1 Å². The maximum Gasteiger partial charge on any atom is 0.335 e. The van der Waals surface area contributed by atoms with Crippen molar-refractivity contribution in [3.05, 3.63) is 53.1 Å². The first-order valence-electron chi connectivity index (χ1n) is 7.85. The molecule has 0 aromatic heterocycles. The number of nitrogens with one attached hydrogen (secondary N) is 1. The smallest absolute Gasteiger partial charge is 0.335 e. The lowest BCUT2D eigenvalue weighted by atomic mass is 9.89. The van der Waals surface area contributed by atoms with E-state index < -0.39 is 5.97 Å². The molecule has 1 unspecified atom stereocenters. The number of aliphatic carboxylic acids is 1. The average molecular weight is 461 g/mol. The minimum absolute atomic E-state index is 0.0543. The monoisotopic (exact) mass is 460 g/mol. The molecule has 0 radical (unpaired) electrons. The fourth-order valence-corrected chi connectivity index (χ4v) is 4.48. The summed E-state index contributed by atoms with van der Waals surface area (Å²) in [6.07, 6.45) is 0.786. The number of hydrogen-bond donors (Lipinski definition) is 2. The zero-order valence-electron chi connectivity index (χ0n) is 13.7. The molecule has 4 nitrogen and oxygen atoms in total. The third-order valence-corrected chi connectivity index (χ3v) is 5.60. The number of carboxylic acid groups (broad SMARTS) is 1. The van der Waals surface area contributed by atoms with Crippen LogP contribution >= 0.6 is 34.2 Å². The van der Waals surface area contributed by atoms with Crippen molar-refractivity contribution in [2.45, 2.75) is 10.3 Å². The van der Waals surface area contributed by atoms with Gasteiger partial charge in [-0.15, -0.1) is 0 Å². The molecule has 130 valence electrons. The normalized spacial score (nSPS) is 20.7. The van der Waals surface area contributed by atoms with Gasteiger partial charge >= 0.3 is 5.97 Å². The van der Waals surface area contributed by atoms with E-state index in [1.807, 2.05) is 24.3 Å². The summed E-state index contributed by atoms with van der Waals surface area (Å²) in [7, 11) is 2.15. The van der Waals surface area contributed by atoms with Crippen LogP contribution in [0.5, 0.6) is 0 Å². The first kappa shape index (κ1) is 19.4. The van der Waals surface area contributed by atoms with Gasteiger partial charge in [0.2, 0.25) is 0 Å². The van der Waals surface area contributed by atoms with Crippen LogP contribution < -0.4 is 5.32 Å². The summed E-state index contributed by atoms with van der Waals surface area (Å²) in [4.78, 5) is 13.3. The van der Waals surface area contributed by atoms with Crippen LogP contribution in [0.15, 0.2) is 42.0 Å². The van der Waals surface area contributed by atoms with Crippen molar-refractivity contribution >= 4 is 45.2 Å². The molecule has 1 heterocycles. The van der Waals surface area contributed by atoms with Gasteiger partial charge in [-0.25, -0.2) is 4.79 Å². The molecule has 6 heteroatoms. The van der Waals surface area contributed by atoms with E-state index >= 15 is 0 Å². The number of carboxylic acids is 1. The summed E-state index contributed by atoms with van der Waals surface area (Å²) in [5.74, 6) is -1.01. The van der Waals surface area contributed by atoms with Gasteiger partial charge < -0.3 is 15.3 Å². The van der Waals surface area contributed by atoms with Crippen molar-refractivity contribution in [3.63, 3.8) is 0 Å². The van der Waals surface area contributed by atoms with Crippen molar-refractivity contribution in [2.75, 3.05) is 33.2 Å². The van der Waals surface area contributed by atoms with Crippen LogP contribution in [-0.4, -0.2) is 53.1 Å². The lowest BCUT2D eigenvalue weighted by molar-refractivity contribution is -0.132. The molecular weight excluding hydrogens is 439 g/mol. The molecule has 0 amide bonds. The highest BCUT2D eigenvalue weighted by molar-refractivity contribution is 14.1. The Balaban J connectivity index is 0.000000249. The zero-order valence-corrected chi connectivity index (χ0v) is 16.6. The molecule has 1 aliphatic carbocycles. The maximum absolute atomic E-state index is 11.0. The summed E-state index contributed by atoms with van der Waals surface area (Å²) in [6.45, 7) is 8.35. The van der Waals surface area contributed by atoms with Gasteiger partial charge in [0.15, 0.2) is 0 Å². The van der Waals surface area contributed by atoms with E-state index in [-0.39, 0.29) is 9.50 Å². The number of alkyl halides is 1. The van der Waals surface area contributed by atoms with Gasteiger partial charge in [-0.2, -0.15) is 0 Å². The van der Waals surface area contributed by atoms with E-state index in [2.05, 4.69) is 46.4 Å². The van der Waals surface area contributed by atoms with E-state index in [0.29, 0.717) is 10.6 Å². The second kappa shape index (κ2) is 8.99. The Bertz CT molecular complexity index is 654. The van der Waals surface area contributed by atoms with Crippen molar-refractivity contribution in [1.82, 2.24) is 10.2 Å². The molecule has 0 bridgehead atoms. The van der Waals surface area contributed by atoms with Crippen LogP contribution in [0.1, 0.15) is 11.1 Å². The van der Waals surface area contributed by atoms with E-state index in [9.17, 15) is 4.79 Å². The van der Waals surface area contributed by atoms with Crippen LogP contribution in [0.25, 0.3) is 5.03 Å². The Morgan fingerprint density at radius 3 is 2.54 bits per heavy atom. The number of benzene rings is 1. The number of rotatable bonds is 2. The molecule has 3 rings (SSSR count). The standard InChI is InChI=1S/C13H10ClIO2.C5H12N2/c1-7(13(16)17)11-10(15)6-8-4-2-3-5-9(8)12(11)14;1-7-4-2-6-3-5-7/h2-5,10H,1,6H2,(H,16,17);6H,2-5H2,1H3. The van der Waals surface area contributed by atoms with Gasteiger partial charge in [0.1, 0.15) is 0 Å². The molecule has 0 saturated carbocycles. The van der Waals surface area contributed by atoms with Crippen molar-refractivity contribution in [3.8, 4) is 0 Å². The summed E-state index contributed by atoms with van der Waals surface area (Å²) >= 11 is 8.51. The predicted molar refractivity (Wildman–Crippen MR) is 108 cm³/mol. The average Bonchev–Trinajstić information content (AvgIpc) is 2.56. The lowest BCUT2D eigenvalue weighted by Crippen LogP contribution is -2.40. The zero-order chi connectivity index (χ0) is 17.7. The highest BCUT2D eigenvalue weighted by Crippen LogP contribution is 2.40. The number of piperazine rings is 1. The second-order valence-corrected chi connectivity index (χ2v) is 7.78. The Labute approximate surface area is 161 Å². The summed E-state index contributed by atoms with van der Waals surface area (Å²) in [6, 6.07) is 7.79. The van der Waals surface area contributed by atoms with Gasteiger partial charge in [0.25, 0.3) is 0 Å². The molecule has 1 saturated heterocycles. The van der Waals surface area contributed by atoms with Crippen molar-refractivity contribution in [1.29, 1.82) is 0 Å². The number of hydrogen-bond acceptors (Lipinski definition) is 3. The second-order valence-electron chi connectivity index (χ2n) is 5.89. The molecule has 1 aliphatic heterocycles.